The summed E-state index contributed by atoms with van der Waals surface area (Å²) in [6.45, 7) is 11.2. The van der Waals surface area contributed by atoms with E-state index in [0.717, 1.165) is 17.9 Å². The average molecular weight is 295 g/mol. The Bertz CT molecular complexity index is 444. The third kappa shape index (κ3) is 7.34. The van der Waals surface area contributed by atoms with Gasteiger partial charge in [0, 0.05) is 18.5 Å². The van der Waals surface area contributed by atoms with Crippen LogP contribution < -0.4 is 14.8 Å². The number of hydrogen-bond donors (Lipinski definition) is 2. The molecule has 0 aliphatic carbocycles. The van der Waals surface area contributed by atoms with E-state index in [1.54, 1.807) is 21.0 Å². The summed E-state index contributed by atoms with van der Waals surface area (Å²) in [5.41, 5.74) is 0.510. The van der Waals surface area contributed by atoms with Gasteiger partial charge in [0.15, 0.2) is 11.5 Å². The van der Waals surface area contributed by atoms with Crippen molar-refractivity contribution in [3.8, 4) is 11.5 Å². The normalized spacial score (nSPS) is 12.3. The number of methoxy groups -OCH3 is 1. The number of nitrogens with one attached hydrogen (secondary N) is 1. The molecule has 0 aliphatic heterocycles. The number of ether oxygens (including phenoxy) is 2. The first-order chi connectivity index (χ1) is 9.61. The van der Waals surface area contributed by atoms with E-state index in [9.17, 15) is 5.11 Å². The summed E-state index contributed by atoms with van der Waals surface area (Å²) in [5.74, 6) is 1.43. The molecule has 21 heavy (non-hydrogen) atoms. The quantitative estimate of drug-likeness (QED) is 0.811. The maximum atomic E-state index is 9.69. The van der Waals surface area contributed by atoms with Gasteiger partial charge in [-0.25, -0.2) is 0 Å². The molecule has 4 nitrogen and oxygen atoms in total. The van der Waals surface area contributed by atoms with Crippen LogP contribution in [-0.2, 0) is 6.54 Å². The van der Waals surface area contributed by atoms with Crippen molar-refractivity contribution in [2.75, 3.05) is 13.7 Å². The third-order valence-electron chi connectivity index (χ3n) is 3.02. The van der Waals surface area contributed by atoms with Gasteiger partial charge in [0.2, 0.25) is 0 Å². The fourth-order valence-corrected chi connectivity index (χ4v) is 1.72. The molecule has 0 saturated heterocycles. The van der Waals surface area contributed by atoms with Crippen LogP contribution in [0.5, 0.6) is 11.5 Å². The molecule has 0 saturated carbocycles. The van der Waals surface area contributed by atoms with Crippen LogP contribution in [-0.4, -0.2) is 30.0 Å². The second kappa shape index (κ2) is 7.14. The van der Waals surface area contributed by atoms with Gasteiger partial charge in [0.1, 0.15) is 0 Å². The van der Waals surface area contributed by atoms with Crippen molar-refractivity contribution in [2.45, 2.75) is 58.7 Å². The van der Waals surface area contributed by atoms with Crippen LogP contribution in [0.15, 0.2) is 18.2 Å². The van der Waals surface area contributed by atoms with Gasteiger partial charge in [0.05, 0.1) is 19.3 Å². The molecule has 0 spiro atoms. The minimum atomic E-state index is -0.718. The molecule has 0 aliphatic rings. The molecule has 0 aromatic heterocycles. The highest BCUT2D eigenvalue weighted by molar-refractivity contribution is 5.43. The minimum absolute atomic E-state index is 0.0785. The van der Waals surface area contributed by atoms with Crippen LogP contribution in [0.1, 0.15) is 46.6 Å². The molecule has 4 heteroatoms. The van der Waals surface area contributed by atoms with Gasteiger partial charge in [-0.05, 0) is 52.3 Å². The zero-order chi connectivity index (χ0) is 16.1. The van der Waals surface area contributed by atoms with Crippen LogP contribution in [0.4, 0.5) is 0 Å². The Kier molecular flexibility index (Phi) is 6.05. The first-order valence-corrected chi connectivity index (χ1v) is 7.38. The van der Waals surface area contributed by atoms with Gasteiger partial charge in [-0.3, -0.25) is 0 Å². The molecule has 1 aromatic carbocycles. The fraction of sp³-hybridized carbons (Fsp3) is 0.647. The molecule has 0 unspecified atom stereocenters. The van der Waals surface area contributed by atoms with E-state index in [2.05, 4.69) is 26.1 Å². The van der Waals surface area contributed by atoms with Crippen LogP contribution in [0.25, 0.3) is 0 Å². The predicted octanol–water partition coefficient (Wildman–Crippen LogP) is 3.12. The summed E-state index contributed by atoms with van der Waals surface area (Å²) in [5, 5.41) is 13.1. The van der Waals surface area contributed by atoms with E-state index in [1.165, 1.54) is 0 Å². The van der Waals surface area contributed by atoms with E-state index in [0.29, 0.717) is 18.8 Å². The number of benzene rings is 1. The van der Waals surface area contributed by atoms with Crippen LogP contribution in [0.3, 0.4) is 0 Å². The molecule has 0 bridgehead atoms. The Labute approximate surface area is 128 Å². The summed E-state index contributed by atoms with van der Waals surface area (Å²) in [4.78, 5) is 0. The molecule has 0 amide bonds. The second-order valence-electron chi connectivity index (χ2n) is 7.00. The van der Waals surface area contributed by atoms with Crippen LogP contribution in [0.2, 0.25) is 0 Å². The smallest absolute Gasteiger partial charge is 0.161 e. The van der Waals surface area contributed by atoms with Crippen molar-refractivity contribution < 1.29 is 14.6 Å². The maximum absolute atomic E-state index is 9.69. The van der Waals surface area contributed by atoms with E-state index in [4.69, 9.17) is 9.47 Å². The summed E-state index contributed by atoms with van der Waals surface area (Å²) < 4.78 is 11.1. The SMILES string of the molecule is COc1cc(CNC(C)(C)C)ccc1OCCC(C)(C)O. The largest absolute Gasteiger partial charge is 0.493 e. The van der Waals surface area contributed by atoms with Gasteiger partial charge in [-0.15, -0.1) is 0 Å². The lowest BCUT2D eigenvalue weighted by Gasteiger charge is -2.21. The first kappa shape index (κ1) is 17.8. The fourth-order valence-electron chi connectivity index (χ4n) is 1.72. The highest BCUT2D eigenvalue weighted by atomic mass is 16.5. The molecule has 120 valence electrons. The lowest BCUT2D eigenvalue weighted by atomic mass is 10.1. The Balaban J connectivity index is 2.66. The first-order valence-electron chi connectivity index (χ1n) is 7.38. The minimum Gasteiger partial charge on any atom is -0.493 e. The van der Waals surface area contributed by atoms with Crippen molar-refractivity contribution in [2.24, 2.45) is 0 Å². The maximum Gasteiger partial charge on any atom is 0.161 e. The monoisotopic (exact) mass is 295 g/mol. The highest BCUT2D eigenvalue weighted by Crippen LogP contribution is 2.28. The molecular weight excluding hydrogens is 266 g/mol. The predicted molar refractivity (Wildman–Crippen MR) is 86.0 cm³/mol. The molecule has 0 fully saturated rings. The van der Waals surface area contributed by atoms with E-state index < -0.39 is 5.60 Å². The zero-order valence-corrected chi connectivity index (χ0v) is 14.1. The summed E-state index contributed by atoms with van der Waals surface area (Å²) >= 11 is 0. The van der Waals surface area contributed by atoms with Crippen LogP contribution >= 0.6 is 0 Å². The Hall–Kier alpha value is -1.26. The van der Waals surface area contributed by atoms with E-state index >= 15 is 0 Å². The third-order valence-corrected chi connectivity index (χ3v) is 3.02. The van der Waals surface area contributed by atoms with E-state index in [-0.39, 0.29) is 5.54 Å². The molecule has 2 N–H and O–H groups in total. The van der Waals surface area contributed by atoms with Gasteiger partial charge >= 0.3 is 0 Å². The highest BCUT2D eigenvalue weighted by Gasteiger charge is 2.14. The summed E-state index contributed by atoms with van der Waals surface area (Å²) in [7, 11) is 1.64. The van der Waals surface area contributed by atoms with Crippen molar-refractivity contribution in [3.05, 3.63) is 23.8 Å². The van der Waals surface area contributed by atoms with Crippen LogP contribution in [0, 0.1) is 0 Å². The van der Waals surface area contributed by atoms with E-state index in [1.807, 2.05) is 18.2 Å². The lowest BCUT2D eigenvalue weighted by molar-refractivity contribution is 0.0549. The molecule has 0 atom stereocenters. The molecule has 0 heterocycles. The van der Waals surface area contributed by atoms with Gasteiger partial charge in [-0.1, -0.05) is 6.07 Å². The van der Waals surface area contributed by atoms with Crippen molar-refractivity contribution in [1.29, 1.82) is 0 Å². The zero-order valence-electron chi connectivity index (χ0n) is 14.1. The number of aliphatic hydroxyl groups is 1. The Morgan fingerprint density at radius 3 is 2.29 bits per heavy atom. The topological polar surface area (TPSA) is 50.7 Å². The van der Waals surface area contributed by atoms with Gasteiger partial charge in [0.25, 0.3) is 0 Å². The van der Waals surface area contributed by atoms with Crippen molar-refractivity contribution in [1.82, 2.24) is 5.32 Å². The second-order valence-corrected chi connectivity index (χ2v) is 7.00. The number of rotatable bonds is 7. The molecule has 1 aromatic rings. The summed E-state index contributed by atoms with van der Waals surface area (Å²) in [6.07, 6.45) is 0.573. The molecule has 1 rings (SSSR count). The summed E-state index contributed by atoms with van der Waals surface area (Å²) in [6, 6.07) is 5.93. The molecule has 0 radical (unpaired) electrons. The lowest BCUT2D eigenvalue weighted by Crippen LogP contribution is -2.35. The average Bonchev–Trinajstić information content (AvgIpc) is 2.35. The Morgan fingerprint density at radius 2 is 1.76 bits per heavy atom. The van der Waals surface area contributed by atoms with Gasteiger partial charge < -0.3 is 19.9 Å². The van der Waals surface area contributed by atoms with Crippen molar-refractivity contribution >= 4 is 0 Å². The molecular formula is C17H29NO3. The van der Waals surface area contributed by atoms with Gasteiger partial charge in [-0.2, -0.15) is 0 Å². The Morgan fingerprint density at radius 1 is 1.10 bits per heavy atom. The number of hydrogen-bond acceptors (Lipinski definition) is 4. The standard InChI is InChI=1S/C17H29NO3/c1-16(2,3)18-12-13-7-8-14(15(11-13)20-6)21-10-9-17(4,5)19/h7-8,11,18-19H,9-10,12H2,1-6H3. The van der Waals surface area contributed by atoms with Crippen molar-refractivity contribution in [3.63, 3.8) is 0 Å².